The molecule has 0 amide bonds. The molecule has 0 aromatic heterocycles. The Labute approximate surface area is 158 Å². The molecule has 0 saturated carbocycles. The first-order valence-electron chi connectivity index (χ1n) is 8.53. The molecule has 3 rings (SSSR count). The van der Waals surface area contributed by atoms with Gasteiger partial charge in [0, 0.05) is 11.1 Å². The lowest BCUT2D eigenvalue weighted by Crippen LogP contribution is -2.08. The number of nitriles is 1. The van der Waals surface area contributed by atoms with Crippen molar-refractivity contribution in [3.05, 3.63) is 89.0 Å². The fraction of sp³-hybridized carbons (Fsp3) is 0.130. The minimum atomic E-state index is -0.443. The summed E-state index contributed by atoms with van der Waals surface area (Å²) < 4.78 is 10.9. The molecular formula is C23H19NO3. The van der Waals surface area contributed by atoms with Gasteiger partial charge in [-0.05, 0) is 36.8 Å². The zero-order valence-corrected chi connectivity index (χ0v) is 15.2. The molecule has 0 saturated heterocycles. The fourth-order valence-corrected chi connectivity index (χ4v) is 2.95. The number of benzene rings is 3. The van der Waals surface area contributed by atoms with E-state index in [2.05, 4.69) is 6.07 Å². The predicted octanol–water partition coefficient (Wildman–Crippen LogP) is 4.90. The average molecular weight is 357 g/mol. The molecular weight excluding hydrogens is 338 g/mol. The van der Waals surface area contributed by atoms with Crippen LogP contribution < -0.4 is 4.74 Å². The number of methoxy groups -OCH3 is 1. The van der Waals surface area contributed by atoms with E-state index in [-0.39, 0.29) is 6.61 Å². The SMILES string of the molecule is COc1ccc(C)cc1COC(=O)c1ccccc1-c1ccccc1C#N. The molecule has 0 unspecified atom stereocenters. The van der Waals surface area contributed by atoms with Gasteiger partial charge in [-0.15, -0.1) is 0 Å². The number of ether oxygens (including phenoxy) is 2. The van der Waals surface area contributed by atoms with Crippen molar-refractivity contribution in [2.24, 2.45) is 0 Å². The number of hydrogen-bond donors (Lipinski definition) is 0. The van der Waals surface area contributed by atoms with Gasteiger partial charge in [-0.3, -0.25) is 0 Å². The molecule has 27 heavy (non-hydrogen) atoms. The largest absolute Gasteiger partial charge is 0.496 e. The van der Waals surface area contributed by atoms with Gasteiger partial charge in [0.2, 0.25) is 0 Å². The Kier molecular flexibility index (Phi) is 5.53. The summed E-state index contributed by atoms with van der Waals surface area (Å²) in [6.07, 6.45) is 0. The molecule has 3 aromatic rings. The summed E-state index contributed by atoms with van der Waals surface area (Å²) in [5.74, 6) is 0.235. The van der Waals surface area contributed by atoms with Crippen LogP contribution in [0.3, 0.4) is 0 Å². The van der Waals surface area contributed by atoms with Crippen molar-refractivity contribution in [2.45, 2.75) is 13.5 Å². The van der Waals surface area contributed by atoms with Crippen LogP contribution >= 0.6 is 0 Å². The molecule has 0 bridgehead atoms. The van der Waals surface area contributed by atoms with Gasteiger partial charge in [0.15, 0.2) is 0 Å². The van der Waals surface area contributed by atoms with Crippen LogP contribution in [0.5, 0.6) is 5.75 Å². The Balaban J connectivity index is 1.89. The van der Waals surface area contributed by atoms with Crippen molar-refractivity contribution in [3.8, 4) is 22.9 Å². The molecule has 134 valence electrons. The molecule has 4 nitrogen and oxygen atoms in total. The number of esters is 1. The summed E-state index contributed by atoms with van der Waals surface area (Å²) in [5, 5.41) is 9.36. The average Bonchev–Trinajstić information content (AvgIpc) is 2.72. The van der Waals surface area contributed by atoms with E-state index >= 15 is 0 Å². The molecule has 0 aliphatic carbocycles. The lowest BCUT2D eigenvalue weighted by atomic mass is 9.96. The number of rotatable bonds is 5. The molecule has 4 heteroatoms. The van der Waals surface area contributed by atoms with Crippen molar-refractivity contribution < 1.29 is 14.3 Å². The zero-order chi connectivity index (χ0) is 19.2. The van der Waals surface area contributed by atoms with Gasteiger partial charge in [0.05, 0.1) is 24.3 Å². The van der Waals surface area contributed by atoms with Gasteiger partial charge in [-0.2, -0.15) is 5.26 Å². The van der Waals surface area contributed by atoms with E-state index in [4.69, 9.17) is 9.47 Å². The van der Waals surface area contributed by atoms with Crippen LogP contribution in [0.2, 0.25) is 0 Å². The van der Waals surface area contributed by atoms with Crippen molar-refractivity contribution in [1.29, 1.82) is 5.26 Å². The lowest BCUT2D eigenvalue weighted by molar-refractivity contribution is 0.0471. The first-order valence-corrected chi connectivity index (χ1v) is 8.53. The first-order chi connectivity index (χ1) is 13.1. The van der Waals surface area contributed by atoms with Crippen molar-refractivity contribution in [2.75, 3.05) is 7.11 Å². The van der Waals surface area contributed by atoms with Gasteiger partial charge in [0.1, 0.15) is 12.4 Å². The summed E-state index contributed by atoms with van der Waals surface area (Å²) in [4.78, 5) is 12.8. The van der Waals surface area contributed by atoms with Crippen LogP contribution in [0.4, 0.5) is 0 Å². The number of carbonyl (C=O) groups excluding carboxylic acids is 1. The molecule has 0 aliphatic rings. The standard InChI is InChI=1S/C23H19NO3/c1-16-11-12-22(26-2)18(13-16)15-27-23(25)21-10-6-5-9-20(21)19-8-4-3-7-17(19)14-24/h3-13H,15H2,1-2H3. The molecule has 0 N–H and O–H groups in total. The monoisotopic (exact) mass is 357 g/mol. The lowest BCUT2D eigenvalue weighted by Gasteiger charge is -2.13. The van der Waals surface area contributed by atoms with Gasteiger partial charge in [-0.25, -0.2) is 4.79 Å². The van der Waals surface area contributed by atoms with Crippen molar-refractivity contribution in [1.82, 2.24) is 0 Å². The predicted molar refractivity (Wildman–Crippen MR) is 103 cm³/mol. The third-order valence-electron chi connectivity index (χ3n) is 4.28. The Hall–Kier alpha value is -3.58. The molecule has 0 fully saturated rings. The molecule has 0 atom stereocenters. The first kappa shape index (κ1) is 18.2. The highest BCUT2D eigenvalue weighted by Crippen LogP contribution is 2.28. The maximum atomic E-state index is 12.8. The van der Waals surface area contributed by atoms with Crippen molar-refractivity contribution >= 4 is 5.97 Å². The molecule has 3 aromatic carbocycles. The van der Waals surface area contributed by atoms with Crippen LogP contribution in [-0.4, -0.2) is 13.1 Å². The van der Waals surface area contributed by atoms with E-state index in [0.717, 1.165) is 11.1 Å². The van der Waals surface area contributed by atoms with Crippen LogP contribution in [-0.2, 0) is 11.3 Å². The summed E-state index contributed by atoms with van der Waals surface area (Å²) in [7, 11) is 1.59. The second-order valence-electron chi connectivity index (χ2n) is 6.09. The van der Waals surface area contributed by atoms with Crippen LogP contribution in [0.15, 0.2) is 66.7 Å². The Bertz CT molecular complexity index is 1020. The molecule has 0 aliphatic heterocycles. The number of nitrogens with zero attached hydrogens (tertiary/aromatic N) is 1. The Morgan fingerprint density at radius 3 is 2.44 bits per heavy atom. The highest BCUT2D eigenvalue weighted by Gasteiger charge is 2.16. The number of aryl methyl sites for hydroxylation is 1. The van der Waals surface area contributed by atoms with E-state index in [9.17, 15) is 10.1 Å². The number of hydrogen-bond acceptors (Lipinski definition) is 4. The van der Waals surface area contributed by atoms with E-state index in [1.807, 2.05) is 49.4 Å². The van der Waals surface area contributed by atoms with Crippen LogP contribution in [0.25, 0.3) is 11.1 Å². The van der Waals surface area contributed by atoms with Gasteiger partial charge >= 0.3 is 5.97 Å². The number of carbonyl (C=O) groups is 1. The third kappa shape index (κ3) is 3.99. The van der Waals surface area contributed by atoms with E-state index < -0.39 is 5.97 Å². The van der Waals surface area contributed by atoms with Gasteiger partial charge in [0.25, 0.3) is 0 Å². The van der Waals surface area contributed by atoms with Crippen LogP contribution in [0.1, 0.15) is 27.0 Å². The summed E-state index contributed by atoms with van der Waals surface area (Å²) >= 11 is 0. The topological polar surface area (TPSA) is 59.3 Å². The minimum absolute atomic E-state index is 0.109. The quantitative estimate of drug-likeness (QED) is 0.610. The maximum Gasteiger partial charge on any atom is 0.339 e. The van der Waals surface area contributed by atoms with Crippen molar-refractivity contribution in [3.63, 3.8) is 0 Å². The molecule has 0 spiro atoms. The van der Waals surface area contributed by atoms with E-state index in [1.165, 1.54) is 0 Å². The maximum absolute atomic E-state index is 12.8. The fourth-order valence-electron chi connectivity index (χ4n) is 2.95. The Morgan fingerprint density at radius 2 is 1.70 bits per heavy atom. The van der Waals surface area contributed by atoms with E-state index in [1.54, 1.807) is 31.4 Å². The summed E-state index contributed by atoms with van der Waals surface area (Å²) in [6, 6.07) is 22.2. The normalized spacial score (nSPS) is 10.1. The minimum Gasteiger partial charge on any atom is -0.496 e. The zero-order valence-electron chi connectivity index (χ0n) is 15.2. The summed E-state index contributed by atoms with van der Waals surface area (Å²) in [5.41, 5.74) is 4.19. The third-order valence-corrected chi connectivity index (χ3v) is 4.28. The van der Waals surface area contributed by atoms with Crippen LogP contribution in [0, 0.1) is 18.3 Å². The Morgan fingerprint density at radius 1 is 1.00 bits per heavy atom. The van der Waals surface area contributed by atoms with E-state index in [0.29, 0.717) is 28.0 Å². The smallest absolute Gasteiger partial charge is 0.339 e. The highest BCUT2D eigenvalue weighted by molar-refractivity contribution is 5.98. The van der Waals surface area contributed by atoms with Gasteiger partial charge in [-0.1, -0.05) is 48.0 Å². The second kappa shape index (κ2) is 8.20. The second-order valence-corrected chi connectivity index (χ2v) is 6.09. The summed E-state index contributed by atoms with van der Waals surface area (Å²) in [6.45, 7) is 2.08. The molecule has 0 radical (unpaired) electrons. The van der Waals surface area contributed by atoms with Gasteiger partial charge < -0.3 is 9.47 Å². The molecule has 0 heterocycles. The highest BCUT2D eigenvalue weighted by atomic mass is 16.5.